The van der Waals surface area contributed by atoms with Crippen molar-refractivity contribution in [2.24, 2.45) is 47.3 Å². The lowest BCUT2D eigenvalue weighted by Crippen LogP contribution is -2.41. The molecule has 0 radical (unpaired) electrons. The van der Waals surface area contributed by atoms with Gasteiger partial charge < -0.3 is 28.4 Å². The number of rotatable bonds is 2. The molecule has 4 heterocycles. The van der Waals surface area contributed by atoms with Crippen LogP contribution < -0.4 is 0 Å². The van der Waals surface area contributed by atoms with Gasteiger partial charge in [0.05, 0.1) is 12.2 Å². The smallest absolute Gasteiger partial charge is 0.281 e. The molecule has 2 saturated carbocycles. The lowest BCUT2D eigenvalue weighted by atomic mass is 9.65. The van der Waals surface area contributed by atoms with Crippen LogP contribution in [-0.4, -0.2) is 60.0 Å². The fourth-order valence-electron chi connectivity index (χ4n) is 8.31. The summed E-state index contributed by atoms with van der Waals surface area (Å²) in [6, 6.07) is 0. The summed E-state index contributed by atoms with van der Waals surface area (Å²) in [5, 5.41) is 24.0. The molecule has 0 amide bonds. The van der Waals surface area contributed by atoms with E-state index in [-0.39, 0.29) is 24.8 Å². The molecule has 0 aromatic rings. The molecule has 42 heavy (non-hydrogen) atoms. The number of hydrogen-bond acceptors (Lipinski definition) is 10. The van der Waals surface area contributed by atoms with E-state index in [1.807, 2.05) is 0 Å². The first kappa shape index (κ1) is 34.9. The Morgan fingerprint density at radius 1 is 0.476 bits per heavy atom. The molecule has 0 spiro atoms. The van der Waals surface area contributed by atoms with Gasteiger partial charge in [0, 0.05) is 37.2 Å². The predicted molar refractivity (Wildman–Crippen MR) is 157 cm³/mol. The number of hydrogen-bond donors (Lipinski definition) is 4. The SMILES string of the molecule is CO[C@H]1OC2=C3C(CCC(C)O2)[C@H](C)CCC3[C@H]1C.CO[C@H]1OC2=C3C(CCC(C)O2)[C@H](C)CCC3[C@H]1C.OO.OO. The number of methoxy groups -OCH3 is 2. The second-order valence-corrected chi connectivity index (χ2v) is 13.2. The molecule has 4 N–H and O–H groups in total. The molecule has 10 heteroatoms. The van der Waals surface area contributed by atoms with Crippen LogP contribution in [0.5, 0.6) is 0 Å². The second kappa shape index (κ2) is 16.0. The molecule has 0 bridgehead atoms. The summed E-state index contributed by atoms with van der Waals surface area (Å²) in [6.07, 6.45) is 10.1. The number of allylic oxidation sites excluding steroid dienone is 2. The Hall–Kier alpha value is -1.56. The summed E-state index contributed by atoms with van der Waals surface area (Å²) in [5.41, 5.74) is 2.92. The van der Waals surface area contributed by atoms with E-state index in [0.29, 0.717) is 35.5 Å². The molecule has 2 aliphatic carbocycles. The van der Waals surface area contributed by atoms with E-state index >= 15 is 0 Å². The van der Waals surface area contributed by atoms with Crippen molar-refractivity contribution in [3.8, 4) is 0 Å². The molecule has 0 aromatic carbocycles. The minimum atomic E-state index is -0.150. The van der Waals surface area contributed by atoms with Gasteiger partial charge in [0.25, 0.3) is 11.9 Å². The first-order chi connectivity index (χ1) is 20.2. The molecule has 244 valence electrons. The summed E-state index contributed by atoms with van der Waals surface area (Å²) < 4.78 is 35.2. The lowest BCUT2D eigenvalue weighted by Gasteiger charge is -2.44. The van der Waals surface area contributed by atoms with Crippen molar-refractivity contribution in [2.75, 3.05) is 14.2 Å². The third kappa shape index (κ3) is 7.21. The van der Waals surface area contributed by atoms with Gasteiger partial charge in [-0.25, -0.2) is 0 Å². The van der Waals surface area contributed by atoms with Crippen LogP contribution in [0.2, 0.25) is 0 Å². The van der Waals surface area contributed by atoms with Crippen molar-refractivity contribution in [3.05, 3.63) is 23.0 Å². The molecule has 2 fully saturated rings. The molecule has 10 nitrogen and oxygen atoms in total. The summed E-state index contributed by atoms with van der Waals surface area (Å²) in [5.74, 6) is 6.44. The first-order valence-corrected chi connectivity index (χ1v) is 15.8. The summed E-state index contributed by atoms with van der Waals surface area (Å²) in [7, 11) is 3.46. The Morgan fingerprint density at radius 2 is 0.810 bits per heavy atom. The highest BCUT2D eigenvalue weighted by molar-refractivity contribution is 5.22. The maximum absolute atomic E-state index is 6.06. The van der Waals surface area contributed by atoms with Crippen molar-refractivity contribution in [2.45, 2.75) is 118 Å². The number of ether oxygens (including phenoxy) is 6. The highest BCUT2D eigenvalue weighted by Crippen LogP contribution is 2.52. The van der Waals surface area contributed by atoms with Crippen molar-refractivity contribution in [1.82, 2.24) is 0 Å². The molecular weight excluding hydrogens is 544 g/mol. The average molecular weight is 601 g/mol. The van der Waals surface area contributed by atoms with Crippen molar-refractivity contribution in [3.63, 3.8) is 0 Å². The molecular formula is C32H56O10. The van der Waals surface area contributed by atoms with Crippen LogP contribution in [0.25, 0.3) is 0 Å². The maximum atomic E-state index is 6.06. The maximum Gasteiger partial charge on any atom is 0.281 e. The van der Waals surface area contributed by atoms with Crippen LogP contribution in [0.3, 0.4) is 0 Å². The highest BCUT2D eigenvalue weighted by Gasteiger charge is 2.48. The van der Waals surface area contributed by atoms with Crippen LogP contribution in [-0.2, 0) is 28.4 Å². The molecule has 12 atom stereocenters. The quantitative estimate of drug-likeness (QED) is 0.187. The third-order valence-corrected chi connectivity index (χ3v) is 10.7. The van der Waals surface area contributed by atoms with E-state index in [2.05, 4.69) is 41.5 Å². The zero-order valence-electron chi connectivity index (χ0n) is 26.8. The largest absolute Gasteiger partial charge is 0.462 e. The Bertz CT molecular complexity index is 834. The van der Waals surface area contributed by atoms with Crippen molar-refractivity contribution >= 4 is 0 Å². The fourth-order valence-corrected chi connectivity index (χ4v) is 8.31. The lowest BCUT2D eigenvalue weighted by molar-refractivity contribution is -0.191. The van der Waals surface area contributed by atoms with Gasteiger partial charge in [0.1, 0.15) is 0 Å². The minimum Gasteiger partial charge on any atom is -0.462 e. The van der Waals surface area contributed by atoms with Crippen LogP contribution >= 0.6 is 0 Å². The van der Waals surface area contributed by atoms with Gasteiger partial charge >= 0.3 is 0 Å². The first-order valence-electron chi connectivity index (χ1n) is 15.8. The van der Waals surface area contributed by atoms with E-state index in [1.165, 1.54) is 49.7 Å². The van der Waals surface area contributed by atoms with Gasteiger partial charge in [-0.05, 0) is 101 Å². The van der Waals surface area contributed by atoms with Crippen LogP contribution in [0.4, 0.5) is 0 Å². The Morgan fingerprint density at radius 3 is 1.14 bits per heavy atom. The van der Waals surface area contributed by atoms with Crippen LogP contribution in [0, 0.1) is 47.3 Å². The highest BCUT2D eigenvalue weighted by atomic mass is 17.0. The standard InChI is InChI=1S/2C16H26O3.2H2O2/c2*1-9-5-7-13-11(3)15(17-4)19-16-14(13)12(9)8-6-10(2)18-16;2*1-2/h2*9-13,15H,5-8H2,1-4H3;2*1-2H/t2*9-,10?,11-,12?,13?,15+;;/m11../s1. The second-order valence-electron chi connectivity index (χ2n) is 13.2. The zero-order chi connectivity index (χ0) is 31.1. The molecule has 6 rings (SSSR count). The van der Waals surface area contributed by atoms with Crippen LogP contribution in [0.15, 0.2) is 23.0 Å². The Labute approximate surface area is 251 Å². The normalized spacial score (nSPS) is 41.8. The topological polar surface area (TPSA) is 136 Å². The van der Waals surface area contributed by atoms with Gasteiger partial charge in [-0.15, -0.1) is 0 Å². The Kier molecular flexibility index (Phi) is 13.3. The van der Waals surface area contributed by atoms with E-state index in [0.717, 1.165) is 36.6 Å². The van der Waals surface area contributed by atoms with Gasteiger partial charge in [0.2, 0.25) is 12.6 Å². The van der Waals surface area contributed by atoms with E-state index in [4.69, 9.17) is 49.5 Å². The van der Waals surface area contributed by atoms with E-state index in [1.54, 1.807) is 14.2 Å². The molecule has 6 unspecified atom stereocenters. The molecule has 0 saturated heterocycles. The van der Waals surface area contributed by atoms with Crippen molar-refractivity contribution in [1.29, 1.82) is 0 Å². The van der Waals surface area contributed by atoms with E-state index < -0.39 is 0 Å². The van der Waals surface area contributed by atoms with Crippen molar-refractivity contribution < 1.29 is 49.5 Å². The van der Waals surface area contributed by atoms with Gasteiger partial charge in [-0.3, -0.25) is 21.0 Å². The summed E-state index contributed by atoms with van der Waals surface area (Å²) >= 11 is 0. The summed E-state index contributed by atoms with van der Waals surface area (Å²) in [4.78, 5) is 0. The van der Waals surface area contributed by atoms with Gasteiger partial charge in [-0.1, -0.05) is 27.7 Å². The zero-order valence-corrected chi connectivity index (χ0v) is 26.8. The fraction of sp³-hybridized carbons (Fsp3) is 0.875. The van der Waals surface area contributed by atoms with Gasteiger partial charge in [-0.2, -0.15) is 0 Å². The minimum absolute atomic E-state index is 0.150. The van der Waals surface area contributed by atoms with Crippen LogP contribution in [0.1, 0.15) is 92.9 Å². The molecule has 4 aliphatic heterocycles. The predicted octanol–water partition coefficient (Wildman–Crippen LogP) is 7.43. The average Bonchev–Trinajstić information content (AvgIpc) is 3.28. The van der Waals surface area contributed by atoms with E-state index in [9.17, 15) is 0 Å². The molecule has 6 aliphatic rings. The van der Waals surface area contributed by atoms with Gasteiger partial charge in [0.15, 0.2) is 0 Å². The summed E-state index contributed by atoms with van der Waals surface area (Å²) in [6.45, 7) is 13.6. The third-order valence-electron chi connectivity index (χ3n) is 10.7. The monoisotopic (exact) mass is 600 g/mol. The molecule has 0 aromatic heterocycles. The Balaban J connectivity index is 0.000000206.